The van der Waals surface area contributed by atoms with Crippen LogP contribution >= 0.6 is 0 Å². The van der Waals surface area contributed by atoms with E-state index >= 15 is 0 Å². The lowest BCUT2D eigenvalue weighted by atomic mass is 10.1. The largest absolute Gasteiger partial charge is 0.497 e. The molecular formula is C24H25FN2O4S. The number of hydrogen-bond acceptors (Lipinski definition) is 4. The number of benzene rings is 3. The van der Waals surface area contributed by atoms with E-state index in [1.165, 1.54) is 30.3 Å². The molecule has 168 valence electrons. The Kier molecular flexibility index (Phi) is 7.97. The van der Waals surface area contributed by atoms with Gasteiger partial charge in [-0.15, -0.1) is 0 Å². The van der Waals surface area contributed by atoms with Gasteiger partial charge in [-0.25, -0.2) is 17.5 Å². The van der Waals surface area contributed by atoms with Crippen LogP contribution in [0.1, 0.15) is 23.1 Å². The fourth-order valence-electron chi connectivity index (χ4n) is 3.11. The van der Waals surface area contributed by atoms with Crippen LogP contribution in [-0.4, -0.2) is 21.4 Å². The molecule has 0 unspecified atom stereocenters. The second-order valence-corrected chi connectivity index (χ2v) is 9.00. The maximum atomic E-state index is 13.3. The third-order valence-electron chi connectivity index (χ3n) is 4.83. The second-order valence-electron chi connectivity index (χ2n) is 7.23. The quantitative estimate of drug-likeness (QED) is 0.489. The Labute approximate surface area is 187 Å². The Bertz CT molecular complexity index is 1180. The summed E-state index contributed by atoms with van der Waals surface area (Å²) in [6, 6.07) is 19.6. The number of ether oxygens (including phenoxy) is 1. The monoisotopic (exact) mass is 456 g/mol. The van der Waals surface area contributed by atoms with Crippen molar-refractivity contribution in [2.24, 2.45) is 0 Å². The molecule has 3 aromatic rings. The minimum atomic E-state index is -3.78. The minimum absolute atomic E-state index is 0.0225. The summed E-state index contributed by atoms with van der Waals surface area (Å²) in [5.74, 6) is 0.183. The third-order valence-corrected chi connectivity index (χ3v) is 6.23. The number of hydrogen-bond donors (Lipinski definition) is 2. The highest BCUT2D eigenvalue weighted by Crippen LogP contribution is 2.15. The molecule has 0 aliphatic heterocycles. The Morgan fingerprint density at radius 1 is 0.906 bits per heavy atom. The van der Waals surface area contributed by atoms with E-state index in [-0.39, 0.29) is 23.9 Å². The zero-order chi connectivity index (χ0) is 23.0. The van der Waals surface area contributed by atoms with Gasteiger partial charge in [0.25, 0.3) is 0 Å². The molecule has 0 saturated carbocycles. The zero-order valence-corrected chi connectivity index (χ0v) is 18.5. The standard InChI is InChI=1S/C24H25FN2O4S/c1-31-22-9-3-5-18(14-22)11-12-24(28)26-16-20-7-4-10-23(15-20)32(29,30)27-17-19-6-2-8-21(25)13-19/h2-10,13-15,27H,11-12,16-17H2,1H3,(H,26,28). The van der Waals surface area contributed by atoms with Gasteiger partial charge in [0.05, 0.1) is 12.0 Å². The maximum absolute atomic E-state index is 13.3. The van der Waals surface area contributed by atoms with Gasteiger partial charge in [-0.3, -0.25) is 4.79 Å². The van der Waals surface area contributed by atoms with E-state index in [2.05, 4.69) is 10.0 Å². The molecule has 3 aromatic carbocycles. The molecule has 32 heavy (non-hydrogen) atoms. The summed E-state index contributed by atoms with van der Waals surface area (Å²) in [6.45, 7) is 0.190. The lowest BCUT2D eigenvalue weighted by molar-refractivity contribution is -0.121. The normalized spacial score (nSPS) is 11.2. The number of nitrogens with one attached hydrogen (secondary N) is 2. The second kappa shape index (κ2) is 10.9. The topological polar surface area (TPSA) is 84.5 Å². The van der Waals surface area contributed by atoms with Gasteiger partial charge in [0.15, 0.2) is 0 Å². The van der Waals surface area contributed by atoms with Crippen LogP contribution in [0.4, 0.5) is 4.39 Å². The van der Waals surface area contributed by atoms with E-state index in [4.69, 9.17) is 4.74 Å². The molecule has 0 aromatic heterocycles. The van der Waals surface area contributed by atoms with Crippen molar-refractivity contribution in [3.05, 3.63) is 95.3 Å². The van der Waals surface area contributed by atoms with Gasteiger partial charge >= 0.3 is 0 Å². The van der Waals surface area contributed by atoms with E-state index in [0.717, 1.165) is 11.3 Å². The van der Waals surface area contributed by atoms with Gasteiger partial charge in [0.2, 0.25) is 15.9 Å². The summed E-state index contributed by atoms with van der Waals surface area (Å²) >= 11 is 0. The van der Waals surface area contributed by atoms with Crippen molar-refractivity contribution in [3.63, 3.8) is 0 Å². The van der Waals surface area contributed by atoms with Gasteiger partial charge in [0.1, 0.15) is 11.6 Å². The van der Waals surface area contributed by atoms with E-state index < -0.39 is 15.8 Å². The van der Waals surface area contributed by atoms with E-state index in [1.807, 2.05) is 24.3 Å². The predicted octanol–water partition coefficient (Wildman–Crippen LogP) is 3.56. The summed E-state index contributed by atoms with van der Waals surface area (Å²) in [5, 5.41) is 2.81. The van der Waals surface area contributed by atoms with Crippen LogP contribution in [-0.2, 0) is 34.3 Å². The number of rotatable bonds is 10. The Morgan fingerprint density at radius 2 is 1.59 bits per heavy atom. The highest BCUT2D eigenvalue weighted by molar-refractivity contribution is 7.89. The highest BCUT2D eigenvalue weighted by atomic mass is 32.2. The molecule has 3 rings (SSSR count). The average Bonchev–Trinajstić information content (AvgIpc) is 2.80. The number of sulfonamides is 1. The molecule has 8 heteroatoms. The van der Waals surface area contributed by atoms with Crippen LogP contribution in [0.5, 0.6) is 5.75 Å². The number of halogens is 1. The molecule has 0 radical (unpaired) electrons. The molecule has 0 aliphatic carbocycles. The molecule has 6 nitrogen and oxygen atoms in total. The smallest absolute Gasteiger partial charge is 0.240 e. The molecule has 0 saturated heterocycles. The van der Waals surface area contributed by atoms with Gasteiger partial charge in [-0.1, -0.05) is 36.4 Å². The molecule has 0 heterocycles. The summed E-state index contributed by atoms with van der Waals surface area (Å²) in [4.78, 5) is 12.3. The first-order valence-electron chi connectivity index (χ1n) is 10.1. The summed E-state index contributed by atoms with van der Waals surface area (Å²) < 4.78 is 46.1. The molecular weight excluding hydrogens is 431 g/mol. The van der Waals surface area contributed by atoms with Crippen molar-refractivity contribution in [3.8, 4) is 5.75 Å². The highest BCUT2D eigenvalue weighted by Gasteiger charge is 2.14. The molecule has 0 aliphatic rings. The van der Waals surface area contributed by atoms with Crippen molar-refractivity contribution in [2.45, 2.75) is 30.8 Å². The first-order valence-corrected chi connectivity index (χ1v) is 11.6. The third kappa shape index (κ3) is 6.90. The Balaban J connectivity index is 1.53. The fraction of sp³-hybridized carbons (Fsp3) is 0.208. The van der Waals surface area contributed by atoms with Crippen molar-refractivity contribution < 1.29 is 22.3 Å². The molecule has 2 N–H and O–H groups in total. The molecule has 0 bridgehead atoms. The van der Waals surface area contributed by atoms with E-state index in [0.29, 0.717) is 24.0 Å². The van der Waals surface area contributed by atoms with Gasteiger partial charge in [-0.2, -0.15) is 0 Å². The summed E-state index contributed by atoms with van der Waals surface area (Å²) in [7, 11) is -2.19. The van der Waals surface area contributed by atoms with Crippen LogP contribution in [0.25, 0.3) is 0 Å². The fourth-order valence-corrected chi connectivity index (χ4v) is 4.19. The minimum Gasteiger partial charge on any atom is -0.497 e. The number of methoxy groups -OCH3 is 1. The Hall–Kier alpha value is -3.23. The van der Waals surface area contributed by atoms with Crippen LogP contribution in [0, 0.1) is 5.82 Å². The van der Waals surface area contributed by atoms with Crippen molar-refractivity contribution in [1.82, 2.24) is 10.0 Å². The van der Waals surface area contributed by atoms with Crippen LogP contribution < -0.4 is 14.8 Å². The van der Waals surface area contributed by atoms with Gasteiger partial charge in [-0.05, 0) is 59.5 Å². The van der Waals surface area contributed by atoms with Crippen LogP contribution in [0.15, 0.2) is 77.7 Å². The number of aryl methyl sites for hydroxylation is 1. The first-order chi connectivity index (χ1) is 15.4. The number of amides is 1. The molecule has 0 spiro atoms. The number of carbonyl (C=O) groups is 1. The van der Waals surface area contributed by atoms with Crippen LogP contribution in [0.3, 0.4) is 0 Å². The van der Waals surface area contributed by atoms with Crippen molar-refractivity contribution in [2.75, 3.05) is 7.11 Å². The van der Waals surface area contributed by atoms with Crippen LogP contribution in [0.2, 0.25) is 0 Å². The lowest BCUT2D eigenvalue weighted by Gasteiger charge is -2.10. The molecule has 0 atom stereocenters. The Morgan fingerprint density at radius 3 is 2.34 bits per heavy atom. The average molecular weight is 457 g/mol. The zero-order valence-electron chi connectivity index (χ0n) is 17.7. The van der Waals surface area contributed by atoms with Gasteiger partial charge < -0.3 is 10.1 Å². The maximum Gasteiger partial charge on any atom is 0.240 e. The summed E-state index contributed by atoms with van der Waals surface area (Å²) in [5.41, 5.74) is 2.18. The van der Waals surface area contributed by atoms with E-state index in [1.54, 1.807) is 25.3 Å². The summed E-state index contributed by atoms with van der Waals surface area (Å²) in [6.07, 6.45) is 0.877. The van der Waals surface area contributed by atoms with Crippen molar-refractivity contribution in [1.29, 1.82) is 0 Å². The molecule has 0 fully saturated rings. The first kappa shape index (κ1) is 23.4. The van der Waals surface area contributed by atoms with Gasteiger partial charge in [0, 0.05) is 19.5 Å². The predicted molar refractivity (Wildman–Crippen MR) is 120 cm³/mol. The van der Waals surface area contributed by atoms with Crippen molar-refractivity contribution >= 4 is 15.9 Å². The number of carbonyl (C=O) groups excluding carboxylic acids is 1. The lowest BCUT2D eigenvalue weighted by Crippen LogP contribution is -2.25. The molecule has 1 amide bonds. The van der Waals surface area contributed by atoms with E-state index in [9.17, 15) is 17.6 Å². The SMILES string of the molecule is COc1cccc(CCC(=O)NCc2cccc(S(=O)(=O)NCc3cccc(F)c3)c2)c1.